The van der Waals surface area contributed by atoms with Gasteiger partial charge in [-0.1, -0.05) is 6.07 Å². The van der Waals surface area contributed by atoms with Crippen LogP contribution in [0.25, 0.3) is 11.5 Å². The van der Waals surface area contributed by atoms with E-state index < -0.39 is 5.97 Å². The zero-order valence-corrected chi connectivity index (χ0v) is 7.97. The molecule has 1 aromatic heterocycles. The summed E-state index contributed by atoms with van der Waals surface area (Å²) in [5.74, 6) is -0.200. The van der Waals surface area contributed by atoms with E-state index in [4.69, 9.17) is 9.52 Å². The summed E-state index contributed by atoms with van der Waals surface area (Å²) in [6.45, 7) is 1.68. The van der Waals surface area contributed by atoms with Crippen molar-refractivity contribution in [1.82, 2.24) is 10.2 Å². The molecule has 1 heterocycles. The van der Waals surface area contributed by atoms with Crippen LogP contribution in [0.3, 0.4) is 0 Å². The van der Waals surface area contributed by atoms with Gasteiger partial charge < -0.3 is 9.52 Å². The van der Waals surface area contributed by atoms with E-state index in [9.17, 15) is 4.79 Å². The van der Waals surface area contributed by atoms with Gasteiger partial charge in [0, 0.05) is 12.5 Å². The van der Waals surface area contributed by atoms with E-state index in [2.05, 4.69) is 10.2 Å². The van der Waals surface area contributed by atoms with Crippen LogP contribution in [0.2, 0.25) is 0 Å². The number of benzene rings is 1. The van der Waals surface area contributed by atoms with Gasteiger partial charge in [-0.05, 0) is 18.2 Å². The van der Waals surface area contributed by atoms with Crippen LogP contribution < -0.4 is 0 Å². The van der Waals surface area contributed by atoms with E-state index in [1.54, 1.807) is 19.1 Å². The number of aryl methyl sites for hydroxylation is 1. The topological polar surface area (TPSA) is 76.2 Å². The van der Waals surface area contributed by atoms with Crippen molar-refractivity contribution in [3.8, 4) is 11.5 Å². The van der Waals surface area contributed by atoms with Gasteiger partial charge in [-0.3, -0.25) is 0 Å². The Kier molecular flexibility index (Phi) is 2.21. The molecule has 5 nitrogen and oxygen atoms in total. The van der Waals surface area contributed by atoms with E-state index in [1.165, 1.54) is 12.1 Å². The van der Waals surface area contributed by atoms with Crippen LogP contribution >= 0.6 is 0 Å². The van der Waals surface area contributed by atoms with E-state index in [1.807, 2.05) is 0 Å². The van der Waals surface area contributed by atoms with Gasteiger partial charge >= 0.3 is 5.97 Å². The lowest BCUT2D eigenvalue weighted by molar-refractivity contribution is 0.0697. The molecule has 0 fully saturated rings. The highest BCUT2D eigenvalue weighted by molar-refractivity contribution is 5.88. The van der Waals surface area contributed by atoms with Crippen LogP contribution in [0.4, 0.5) is 0 Å². The van der Waals surface area contributed by atoms with Crippen LogP contribution in [0.15, 0.2) is 28.7 Å². The Morgan fingerprint density at radius 1 is 1.40 bits per heavy atom. The predicted octanol–water partition coefficient (Wildman–Crippen LogP) is 1.74. The van der Waals surface area contributed by atoms with Gasteiger partial charge in [-0.25, -0.2) is 4.79 Å². The molecule has 0 saturated carbocycles. The summed E-state index contributed by atoms with van der Waals surface area (Å²) in [4.78, 5) is 10.7. The molecular weight excluding hydrogens is 196 g/mol. The first-order valence-electron chi connectivity index (χ1n) is 4.30. The number of hydrogen-bond donors (Lipinski definition) is 1. The summed E-state index contributed by atoms with van der Waals surface area (Å²) >= 11 is 0. The summed E-state index contributed by atoms with van der Waals surface area (Å²) in [6, 6.07) is 6.36. The van der Waals surface area contributed by atoms with Crippen molar-refractivity contribution in [3.63, 3.8) is 0 Å². The fraction of sp³-hybridized carbons (Fsp3) is 0.100. The van der Waals surface area contributed by atoms with Gasteiger partial charge in [0.1, 0.15) is 0 Å². The smallest absolute Gasteiger partial charge is 0.335 e. The third-order valence-corrected chi connectivity index (χ3v) is 1.88. The van der Waals surface area contributed by atoms with Crippen LogP contribution in [-0.2, 0) is 0 Å². The molecule has 0 radical (unpaired) electrons. The second-order valence-electron chi connectivity index (χ2n) is 3.01. The Morgan fingerprint density at radius 3 is 2.80 bits per heavy atom. The van der Waals surface area contributed by atoms with Crippen molar-refractivity contribution in [2.24, 2.45) is 0 Å². The monoisotopic (exact) mass is 204 g/mol. The van der Waals surface area contributed by atoms with Crippen LogP contribution in [-0.4, -0.2) is 21.3 Å². The Labute approximate surface area is 85.4 Å². The summed E-state index contributed by atoms with van der Waals surface area (Å²) < 4.78 is 5.19. The molecule has 0 aliphatic carbocycles. The summed E-state index contributed by atoms with van der Waals surface area (Å²) in [7, 11) is 0. The normalized spacial score (nSPS) is 10.2. The van der Waals surface area contributed by atoms with E-state index in [0.29, 0.717) is 17.3 Å². The zero-order valence-electron chi connectivity index (χ0n) is 7.97. The minimum Gasteiger partial charge on any atom is -0.478 e. The molecule has 15 heavy (non-hydrogen) atoms. The molecule has 0 unspecified atom stereocenters. The highest BCUT2D eigenvalue weighted by Crippen LogP contribution is 2.18. The van der Waals surface area contributed by atoms with Gasteiger partial charge in [-0.15, -0.1) is 10.2 Å². The van der Waals surface area contributed by atoms with Gasteiger partial charge in [0.25, 0.3) is 0 Å². The van der Waals surface area contributed by atoms with Gasteiger partial charge in [0.15, 0.2) is 0 Å². The van der Waals surface area contributed by atoms with Crippen molar-refractivity contribution >= 4 is 5.97 Å². The summed E-state index contributed by atoms with van der Waals surface area (Å²) in [5.41, 5.74) is 0.804. The molecule has 2 rings (SSSR count). The molecule has 0 atom stereocenters. The molecule has 5 heteroatoms. The Morgan fingerprint density at radius 2 is 2.20 bits per heavy atom. The molecule has 2 aromatic rings. The maximum atomic E-state index is 10.7. The average molecular weight is 204 g/mol. The second-order valence-corrected chi connectivity index (χ2v) is 3.01. The van der Waals surface area contributed by atoms with Gasteiger partial charge in [0.2, 0.25) is 11.8 Å². The molecule has 0 bridgehead atoms. The van der Waals surface area contributed by atoms with E-state index in [-0.39, 0.29) is 5.56 Å². The number of nitrogens with zero attached hydrogens (tertiary/aromatic N) is 2. The molecule has 0 aliphatic heterocycles. The van der Waals surface area contributed by atoms with Crippen molar-refractivity contribution in [1.29, 1.82) is 0 Å². The Bertz CT molecular complexity index is 505. The van der Waals surface area contributed by atoms with Crippen molar-refractivity contribution in [3.05, 3.63) is 35.7 Å². The molecule has 0 saturated heterocycles. The Hall–Kier alpha value is -2.17. The first-order chi connectivity index (χ1) is 7.16. The first-order valence-corrected chi connectivity index (χ1v) is 4.30. The molecule has 0 amide bonds. The molecule has 0 aliphatic rings. The molecule has 76 valence electrons. The maximum absolute atomic E-state index is 10.7. The number of aromatic nitrogens is 2. The SMILES string of the molecule is Cc1nnc(-c2cccc(C(=O)O)c2)o1. The van der Waals surface area contributed by atoms with E-state index >= 15 is 0 Å². The molecule has 0 spiro atoms. The first kappa shape index (κ1) is 9.39. The van der Waals surface area contributed by atoms with Crippen molar-refractivity contribution in [2.45, 2.75) is 6.92 Å². The largest absolute Gasteiger partial charge is 0.478 e. The third kappa shape index (κ3) is 1.85. The number of carboxylic acid groups (broad SMARTS) is 1. The van der Waals surface area contributed by atoms with Gasteiger partial charge in [0.05, 0.1) is 5.56 Å². The highest BCUT2D eigenvalue weighted by atomic mass is 16.4. The van der Waals surface area contributed by atoms with E-state index in [0.717, 1.165) is 0 Å². The number of aromatic carboxylic acids is 1. The Balaban J connectivity index is 2.45. The number of carboxylic acids is 1. The predicted molar refractivity (Wildman–Crippen MR) is 51.4 cm³/mol. The standard InChI is InChI=1S/C10H8N2O3/c1-6-11-12-9(15-6)7-3-2-4-8(5-7)10(13)14/h2-5H,1H3,(H,13,14). The molecular formula is C10H8N2O3. The minimum absolute atomic E-state index is 0.198. The van der Waals surface area contributed by atoms with Crippen molar-refractivity contribution < 1.29 is 14.3 Å². The average Bonchev–Trinajstić information content (AvgIpc) is 2.65. The van der Waals surface area contributed by atoms with Crippen molar-refractivity contribution in [2.75, 3.05) is 0 Å². The lowest BCUT2D eigenvalue weighted by Gasteiger charge is -1.96. The lowest BCUT2D eigenvalue weighted by atomic mass is 10.1. The second kappa shape index (κ2) is 3.53. The molecule has 1 N–H and O–H groups in total. The van der Waals surface area contributed by atoms with Gasteiger partial charge in [-0.2, -0.15) is 0 Å². The summed E-state index contributed by atoms with van der Waals surface area (Å²) in [5, 5.41) is 16.3. The quantitative estimate of drug-likeness (QED) is 0.806. The lowest BCUT2D eigenvalue weighted by Crippen LogP contribution is -1.95. The summed E-state index contributed by atoms with van der Waals surface area (Å²) in [6.07, 6.45) is 0. The van der Waals surface area contributed by atoms with Crippen LogP contribution in [0.1, 0.15) is 16.2 Å². The fourth-order valence-electron chi connectivity index (χ4n) is 1.20. The van der Waals surface area contributed by atoms with Crippen LogP contribution in [0, 0.1) is 6.92 Å². The minimum atomic E-state index is -0.979. The van der Waals surface area contributed by atoms with Crippen LogP contribution in [0.5, 0.6) is 0 Å². The number of hydrogen-bond acceptors (Lipinski definition) is 4. The molecule has 1 aromatic carbocycles. The number of rotatable bonds is 2. The third-order valence-electron chi connectivity index (χ3n) is 1.88. The zero-order chi connectivity index (χ0) is 10.8. The number of carbonyl (C=O) groups is 1. The fourth-order valence-corrected chi connectivity index (χ4v) is 1.20. The highest BCUT2D eigenvalue weighted by Gasteiger charge is 2.08. The maximum Gasteiger partial charge on any atom is 0.335 e.